The minimum Gasteiger partial charge on any atom is -0.497 e. The third-order valence-electron chi connectivity index (χ3n) is 7.51. The maximum absolute atomic E-state index is 12.9. The lowest BCUT2D eigenvalue weighted by Crippen LogP contribution is -2.51. The average molecular weight is 551 g/mol. The fraction of sp³-hybridized carbons (Fsp3) is 0.393. The average Bonchev–Trinajstić information content (AvgIpc) is 3.53. The van der Waals surface area contributed by atoms with Gasteiger partial charge in [-0.25, -0.2) is 9.98 Å². The molecule has 2 N–H and O–H groups in total. The molecule has 1 saturated heterocycles. The molecule has 2 fully saturated rings. The second-order valence-corrected chi connectivity index (χ2v) is 11.8. The van der Waals surface area contributed by atoms with E-state index in [9.17, 15) is 4.79 Å². The van der Waals surface area contributed by atoms with Crippen molar-refractivity contribution in [1.29, 1.82) is 0 Å². The molecule has 8 nitrogen and oxygen atoms in total. The van der Waals surface area contributed by atoms with Gasteiger partial charge >= 0.3 is 0 Å². The summed E-state index contributed by atoms with van der Waals surface area (Å²) in [5, 5.41) is 10.0. The molecular weight excluding hydrogens is 520 g/mol. The molecule has 10 heteroatoms. The lowest BCUT2D eigenvalue weighted by atomic mass is 9.79. The summed E-state index contributed by atoms with van der Waals surface area (Å²) in [5.74, 6) is 3.29. The Balaban J connectivity index is 1.24. The highest BCUT2D eigenvalue weighted by Gasteiger charge is 2.58. The van der Waals surface area contributed by atoms with Gasteiger partial charge in [-0.3, -0.25) is 4.79 Å². The van der Waals surface area contributed by atoms with Gasteiger partial charge in [0, 0.05) is 40.8 Å². The Morgan fingerprint density at radius 1 is 1.16 bits per heavy atom. The van der Waals surface area contributed by atoms with Crippen LogP contribution in [0, 0.1) is 5.92 Å². The first-order valence-electron chi connectivity index (χ1n) is 12.7. The van der Waals surface area contributed by atoms with Gasteiger partial charge in [0.2, 0.25) is 0 Å². The van der Waals surface area contributed by atoms with Gasteiger partial charge in [-0.15, -0.1) is 11.3 Å². The van der Waals surface area contributed by atoms with E-state index >= 15 is 0 Å². The summed E-state index contributed by atoms with van der Waals surface area (Å²) in [6, 6.07) is 15.0. The summed E-state index contributed by atoms with van der Waals surface area (Å²) in [6.07, 6.45) is 3.19. The molecule has 6 rings (SSSR count). The van der Waals surface area contributed by atoms with Crippen LogP contribution in [0.5, 0.6) is 11.5 Å². The largest absolute Gasteiger partial charge is 0.497 e. The van der Waals surface area contributed by atoms with Crippen molar-refractivity contribution in [3.63, 3.8) is 0 Å². The number of methoxy groups -OCH3 is 2. The minimum absolute atomic E-state index is 0.0122. The Hall–Kier alpha value is -3.08. The Morgan fingerprint density at radius 3 is 2.76 bits per heavy atom. The fourth-order valence-corrected chi connectivity index (χ4v) is 7.23. The summed E-state index contributed by atoms with van der Waals surface area (Å²) in [4.78, 5) is 23.0. The number of hydrogen-bond donors (Lipinski definition) is 2. The number of thiazole rings is 1. The monoisotopic (exact) mass is 550 g/mol. The number of anilines is 1. The first-order chi connectivity index (χ1) is 18.5. The van der Waals surface area contributed by atoms with E-state index in [-0.39, 0.29) is 11.5 Å². The zero-order valence-electron chi connectivity index (χ0n) is 21.4. The van der Waals surface area contributed by atoms with E-state index in [1.165, 1.54) is 0 Å². The second kappa shape index (κ2) is 10.2. The van der Waals surface area contributed by atoms with Gasteiger partial charge < -0.3 is 24.8 Å². The molecule has 2 aromatic carbocycles. The molecule has 1 saturated carbocycles. The van der Waals surface area contributed by atoms with Gasteiger partial charge in [-0.05, 0) is 43.5 Å². The number of fused-ring (bicyclic) bond motifs is 1. The molecule has 1 aromatic heterocycles. The third-order valence-corrected chi connectivity index (χ3v) is 9.55. The van der Waals surface area contributed by atoms with Crippen LogP contribution in [0.4, 0.5) is 5.82 Å². The van der Waals surface area contributed by atoms with Crippen LogP contribution in [0.3, 0.4) is 0 Å². The lowest BCUT2D eigenvalue weighted by Gasteiger charge is -2.45. The first-order valence-corrected chi connectivity index (χ1v) is 14.5. The molecule has 3 heterocycles. The van der Waals surface area contributed by atoms with Gasteiger partial charge in [0.15, 0.2) is 5.17 Å². The molecule has 1 spiro atoms. The number of aliphatic imine (C=N–C) groups is 1. The number of carbonyl (C=O) groups is 1. The van der Waals surface area contributed by atoms with Gasteiger partial charge in [-0.1, -0.05) is 30.0 Å². The summed E-state index contributed by atoms with van der Waals surface area (Å²) >= 11 is 3.20. The number of ether oxygens (including phenoxy) is 3. The Labute approximate surface area is 230 Å². The van der Waals surface area contributed by atoms with Crippen molar-refractivity contribution in [3.8, 4) is 11.5 Å². The molecule has 2 unspecified atom stereocenters. The quantitative estimate of drug-likeness (QED) is 0.424. The van der Waals surface area contributed by atoms with E-state index < -0.39 is 5.54 Å². The maximum Gasteiger partial charge on any atom is 0.257 e. The smallest absolute Gasteiger partial charge is 0.257 e. The maximum atomic E-state index is 12.9. The lowest BCUT2D eigenvalue weighted by molar-refractivity contribution is -0.0725. The zero-order valence-corrected chi connectivity index (χ0v) is 23.0. The van der Waals surface area contributed by atoms with E-state index in [0.29, 0.717) is 29.8 Å². The van der Waals surface area contributed by atoms with Crippen LogP contribution in [-0.2, 0) is 16.8 Å². The number of benzene rings is 2. The van der Waals surface area contributed by atoms with Gasteiger partial charge in [0.25, 0.3) is 5.91 Å². The van der Waals surface area contributed by atoms with Crippen LogP contribution in [0.1, 0.15) is 40.2 Å². The first kappa shape index (κ1) is 25.2. The summed E-state index contributed by atoms with van der Waals surface area (Å²) < 4.78 is 17.3. The summed E-state index contributed by atoms with van der Waals surface area (Å²) in [7, 11) is 3.29. The number of carbonyl (C=O) groups excluding carboxylic acids is 1. The van der Waals surface area contributed by atoms with Crippen molar-refractivity contribution in [2.75, 3.05) is 31.9 Å². The van der Waals surface area contributed by atoms with Crippen LogP contribution in [-0.4, -0.2) is 48.2 Å². The molecule has 0 bridgehead atoms. The van der Waals surface area contributed by atoms with E-state index in [1.54, 1.807) is 49.5 Å². The van der Waals surface area contributed by atoms with Crippen LogP contribution in [0.25, 0.3) is 0 Å². The number of hydrogen-bond acceptors (Lipinski definition) is 9. The summed E-state index contributed by atoms with van der Waals surface area (Å²) in [5.41, 5.74) is 1.02. The molecule has 2 atom stereocenters. The third kappa shape index (κ3) is 4.88. The zero-order chi connectivity index (χ0) is 26.2. The normalized spacial score (nSPS) is 23.2. The predicted octanol–water partition coefficient (Wildman–Crippen LogP) is 5.07. The molecule has 38 heavy (non-hydrogen) atoms. The molecule has 1 aliphatic carbocycles. The van der Waals surface area contributed by atoms with E-state index in [2.05, 4.69) is 10.6 Å². The number of nitrogens with one attached hydrogen (secondary N) is 2. The standard InChI is InChI=1S/C28H30N4O4S2/c1-34-21-9-8-19(22(12-21)35-2)14-29-23-16-37-25(30-23)28-17-36-27(10-11-27)13-20(28)15-38-26(32-28)31-24(33)18-6-4-3-5-7-18/h3-9,12,16,20,29H,10-11,13-15,17H2,1-2H3,(H,31,32,33). The Morgan fingerprint density at radius 2 is 2.00 bits per heavy atom. The van der Waals surface area contributed by atoms with Crippen molar-refractivity contribution in [1.82, 2.24) is 10.3 Å². The molecule has 3 aromatic rings. The van der Waals surface area contributed by atoms with Gasteiger partial charge in [-0.2, -0.15) is 0 Å². The van der Waals surface area contributed by atoms with E-state index in [0.717, 1.165) is 52.9 Å². The fourth-order valence-electron chi connectivity index (χ4n) is 5.10. The van der Waals surface area contributed by atoms with Crippen molar-refractivity contribution in [2.45, 2.75) is 36.9 Å². The number of thioether (sulfide) groups is 1. The number of nitrogens with zero attached hydrogens (tertiary/aromatic N) is 2. The van der Waals surface area contributed by atoms with E-state index in [4.69, 9.17) is 24.2 Å². The minimum atomic E-state index is -0.610. The van der Waals surface area contributed by atoms with Gasteiger partial charge in [0.05, 0.1) is 26.4 Å². The molecule has 3 aliphatic rings. The highest BCUT2D eigenvalue weighted by atomic mass is 32.2. The van der Waals surface area contributed by atoms with Crippen molar-refractivity contribution < 1.29 is 19.0 Å². The number of aromatic nitrogens is 1. The highest BCUT2D eigenvalue weighted by Crippen LogP contribution is 2.56. The number of rotatable bonds is 7. The van der Waals surface area contributed by atoms with Crippen LogP contribution in [0.15, 0.2) is 58.9 Å². The SMILES string of the molecule is COc1ccc(CNc2csc(C34COC5(CC5)CC3CSC(NC(=O)c3ccccc3)=N4)n2)c(OC)c1. The van der Waals surface area contributed by atoms with Crippen LogP contribution >= 0.6 is 23.1 Å². The van der Waals surface area contributed by atoms with Crippen LogP contribution < -0.4 is 20.1 Å². The summed E-state index contributed by atoms with van der Waals surface area (Å²) in [6.45, 7) is 1.03. The highest BCUT2D eigenvalue weighted by molar-refractivity contribution is 8.13. The Kier molecular flexibility index (Phi) is 6.79. The molecule has 2 aliphatic heterocycles. The van der Waals surface area contributed by atoms with Crippen molar-refractivity contribution in [2.24, 2.45) is 10.9 Å². The Bertz CT molecular complexity index is 1360. The second-order valence-electron chi connectivity index (χ2n) is 9.91. The van der Waals surface area contributed by atoms with E-state index in [1.807, 2.05) is 41.8 Å². The number of amides is 1. The van der Waals surface area contributed by atoms with Gasteiger partial charge in [0.1, 0.15) is 27.9 Å². The molecular formula is C28H30N4O4S2. The number of amidine groups is 1. The van der Waals surface area contributed by atoms with Crippen LogP contribution in [0.2, 0.25) is 0 Å². The van der Waals surface area contributed by atoms with Crippen molar-refractivity contribution in [3.05, 3.63) is 70.0 Å². The van der Waals surface area contributed by atoms with Crippen molar-refractivity contribution >= 4 is 40.0 Å². The molecule has 1 amide bonds. The molecule has 0 radical (unpaired) electrons. The topological polar surface area (TPSA) is 94.1 Å². The predicted molar refractivity (Wildman–Crippen MR) is 150 cm³/mol. The molecule has 198 valence electrons.